The fourth-order valence-electron chi connectivity index (χ4n) is 6.72. The number of halogens is 4. The zero-order valence-electron chi connectivity index (χ0n) is 25.2. The van der Waals surface area contributed by atoms with E-state index in [1.807, 2.05) is 0 Å². The summed E-state index contributed by atoms with van der Waals surface area (Å²) in [5, 5.41) is 7.78. The molecule has 6 rings (SSSR count). The molecule has 0 unspecified atom stereocenters. The molecule has 1 amide bonds. The Bertz CT molecular complexity index is 1400. The number of amides is 1. The third-order valence-electron chi connectivity index (χ3n) is 9.13. The van der Waals surface area contributed by atoms with Crippen LogP contribution in [0.4, 0.5) is 18.9 Å². The van der Waals surface area contributed by atoms with Gasteiger partial charge < -0.3 is 14.9 Å². The van der Waals surface area contributed by atoms with Crippen LogP contribution in [-0.4, -0.2) is 71.7 Å². The molecule has 45 heavy (non-hydrogen) atoms. The van der Waals surface area contributed by atoms with Gasteiger partial charge in [0.05, 0.1) is 16.3 Å². The van der Waals surface area contributed by atoms with Crippen LogP contribution in [0.25, 0.3) is 0 Å². The van der Waals surface area contributed by atoms with Crippen LogP contribution < -0.4 is 4.90 Å². The maximum Gasteiger partial charge on any atom is 0.490 e. The van der Waals surface area contributed by atoms with Crippen molar-refractivity contribution in [3.8, 4) is 0 Å². The summed E-state index contributed by atoms with van der Waals surface area (Å²) in [5.41, 5.74) is 5.64. The quantitative estimate of drug-likeness (QED) is 0.288. The van der Waals surface area contributed by atoms with Crippen molar-refractivity contribution in [2.45, 2.75) is 63.2 Å². The summed E-state index contributed by atoms with van der Waals surface area (Å²) >= 11 is 6.96. The van der Waals surface area contributed by atoms with Crippen molar-refractivity contribution >= 4 is 29.2 Å². The van der Waals surface area contributed by atoms with Crippen molar-refractivity contribution in [3.05, 3.63) is 100 Å². The molecule has 0 bridgehead atoms. The van der Waals surface area contributed by atoms with Crippen LogP contribution in [0, 0.1) is 0 Å². The van der Waals surface area contributed by atoms with E-state index in [-0.39, 0.29) is 5.91 Å². The minimum Gasteiger partial charge on any atom is -0.475 e. The van der Waals surface area contributed by atoms with E-state index in [0.717, 1.165) is 75.3 Å². The molecule has 0 aromatic heterocycles. The van der Waals surface area contributed by atoms with Crippen LogP contribution in [0.2, 0.25) is 5.02 Å². The second-order valence-electron chi connectivity index (χ2n) is 12.0. The molecule has 1 N–H and O–H groups in total. The fourth-order valence-corrected chi connectivity index (χ4v) is 7.10. The number of hydrogen-bond acceptors (Lipinski definition) is 4. The number of alkyl halides is 3. The van der Waals surface area contributed by atoms with E-state index < -0.39 is 12.1 Å². The largest absolute Gasteiger partial charge is 0.490 e. The minimum absolute atomic E-state index is 0.144. The Kier molecular flexibility index (Phi) is 10.7. The number of carbonyl (C=O) groups is 2. The lowest BCUT2D eigenvalue weighted by atomic mass is 9.88. The third-order valence-corrected chi connectivity index (χ3v) is 9.51. The van der Waals surface area contributed by atoms with Gasteiger partial charge in [0.25, 0.3) is 5.91 Å². The van der Waals surface area contributed by atoms with Crippen LogP contribution in [0.15, 0.2) is 72.8 Å². The van der Waals surface area contributed by atoms with Crippen LogP contribution in [0.3, 0.4) is 0 Å². The van der Waals surface area contributed by atoms with Crippen LogP contribution >= 0.6 is 11.6 Å². The van der Waals surface area contributed by atoms with E-state index in [0.29, 0.717) is 17.0 Å². The van der Waals surface area contributed by atoms with Gasteiger partial charge in [0.2, 0.25) is 0 Å². The molecule has 2 fully saturated rings. The first kappa shape index (κ1) is 32.8. The van der Waals surface area contributed by atoms with Crippen LogP contribution in [0.5, 0.6) is 0 Å². The molecule has 0 spiro atoms. The summed E-state index contributed by atoms with van der Waals surface area (Å²) in [5.74, 6) is -2.21. The maximum absolute atomic E-state index is 13.4. The highest BCUT2D eigenvalue weighted by molar-refractivity contribution is 6.37. The monoisotopic (exact) mass is 641 g/mol. The first-order chi connectivity index (χ1) is 21.6. The molecule has 240 valence electrons. The van der Waals surface area contributed by atoms with Gasteiger partial charge in [0.1, 0.15) is 0 Å². The second-order valence-corrected chi connectivity index (χ2v) is 12.3. The van der Waals surface area contributed by atoms with Gasteiger partial charge in [-0.25, -0.2) is 4.79 Å². The van der Waals surface area contributed by atoms with Crippen LogP contribution in [-0.2, 0) is 11.3 Å². The number of aliphatic carboxylic acids is 1. The van der Waals surface area contributed by atoms with Crippen molar-refractivity contribution in [2.24, 2.45) is 0 Å². The number of nitrogens with zero attached hydrogens (tertiary/aromatic N) is 3. The van der Waals surface area contributed by atoms with Gasteiger partial charge in [0, 0.05) is 44.7 Å². The first-order valence-corrected chi connectivity index (χ1v) is 16.0. The number of fused-ring (bicyclic) bond motifs is 1. The summed E-state index contributed by atoms with van der Waals surface area (Å²) < 4.78 is 31.7. The van der Waals surface area contributed by atoms with E-state index in [9.17, 15) is 18.0 Å². The lowest BCUT2D eigenvalue weighted by Gasteiger charge is -2.37. The maximum atomic E-state index is 13.4. The second kappa shape index (κ2) is 14.7. The van der Waals surface area contributed by atoms with E-state index in [1.54, 1.807) is 0 Å². The average molecular weight is 642 g/mol. The molecular formula is C35H39ClF3N3O3. The average Bonchev–Trinajstić information content (AvgIpc) is 3.40. The number of benzene rings is 3. The smallest absolute Gasteiger partial charge is 0.475 e. The standard InChI is InChI=1S/C33H38ClN3O.C2HF3O2/c34-32-30(17-16-27-24-37(33(38)31(27)32)28-14-8-3-9-15-28)36-22-20-35(21-23-36)19-18-29(25-10-4-1-5-11-25)26-12-6-2-7-13-26;3-2(4,5)1(6)7/h1-2,4-7,10-13,16-17,28-29H,3,8-9,14-15,18-24H2;(H,6,7). The van der Waals surface area contributed by atoms with Gasteiger partial charge in [-0.15, -0.1) is 0 Å². The molecule has 1 saturated carbocycles. The van der Waals surface area contributed by atoms with Gasteiger partial charge in [-0.05, 0) is 48.6 Å². The van der Waals surface area contributed by atoms with Crippen LogP contribution in [0.1, 0.15) is 71.5 Å². The Balaban J connectivity index is 0.000000515. The number of carboxylic acids is 1. The van der Waals surface area contributed by atoms with Crippen molar-refractivity contribution in [1.29, 1.82) is 0 Å². The summed E-state index contributed by atoms with van der Waals surface area (Å²) in [6.45, 7) is 5.66. The highest BCUT2D eigenvalue weighted by Crippen LogP contribution is 2.39. The molecule has 10 heteroatoms. The summed E-state index contributed by atoms with van der Waals surface area (Å²) in [6, 6.07) is 26.4. The normalized spacial score (nSPS) is 17.7. The molecule has 3 aliphatic rings. The number of rotatable bonds is 7. The Morgan fingerprint density at radius 3 is 1.96 bits per heavy atom. The molecule has 2 heterocycles. The lowest BCUT2D eigenvalue weighted by Crippen LogP contribution is -2.47. The van der Waals surface area contributed by atoms with Gasteiger partial charge in [-0.2, -0.15) is 13.2 Å². The molecule has 3 aromatic carbocycles. The fraction of sp³-hybridized carbons (Fsp3) is 0.429. The number of hydrogen-bond donors (Lipinski definition) is 1. The predicted octanol–water partition coefficient (Wildman–Crippen LogP) is 7.61. The zero-order chi connectivity index (χ0) is 32.0. The van der Waals surface area contributed by atoms with Crippen molar-refractivity contribution in [2.75, 3.05) is 37.6 Å². The lowest BCUT2D eigenvalue weighted by molar-refractivity contribution is -0.192. The summed E-state index contributed by atoms with van der Waals surface area (Å²) in [4.78, 5) is 29.3. The Morgan fingerprint density at radius 2 is 1.42 bits per heavy atom. The topological polar surface area (TPSA) is 64.1 Å². The highest BCUT2D eigenvalue weighted by Gasteiger charge is 2.38. The minimum atomic E-state index is -5.08. The van der Waals surface area contributed by atoms with E-state index in [2.05, 4.69) is 87.5 Å². The summed E-state index contributed by atoms with van der Waals surface area (Å²) in [6.07, 6.45) is 2.01. The third kappa shape index (κ3) is 8.00. The van der Waals surface area contributed by atoms with E-state index in [1.165, 1.54) is 30.4 Å². The number of carbonyl (C=O) groups excluding carboxylic acids is 1. The molecule has 1 saturated heterocycles. The molecular weight excluding hydrogens is 603 g/mol. The number of piperazine rings is 1. The van der Waals surface area contributed by atoms with E-state index in [4.69, 9.17) is 21.5 Å². The van der Waals surface area contributed by atoms with Crippen molar-refractivity contribution in [3.63, 3.8) is 0 Å². The SMILES string of the molecule is O=C(O)C(F)(F)F.O=C1c2c(ccc(N3CCN(CCC(c4ccccc4)c4ccccc4)CC3)c2Cl)CN1C1CCCCC1. The molecule has 0 radical (unpaired) electrons. The van der Waals surface area contributed by atoms with Gasteiger partial charge >= 0.3 is 12.1 Å². The summed E-state index contributed by atoms with van der Waals surface area (Å²) in [7, 11) is 0. The zero-order valence-corrected chi connectivity index (χ0v) is 25.9. The molecule has 0 atom stereocenters. The highest BCUT2D eigenvalue weighted by atomic mass is 35.5. The first-order valence-electron chi connectivity index (χ1n) is 15.6. The molecule has 2 aliphatic heterocycles. The predicted molar refractivity (Wildman–Crippen MR) is 170 cm³/mol. The number of anilines is 1. The molecule has 6 nitrogen and oxygen atoms in total. The van der Waals surface area contributed by atoms with Crippen molar-refractivity contribution in [1.82, 2.24) is 9.80 Å². The van der Waals surface area contributed by atoms with Gasteiger partial charge in [0.15, 0.2) is 0 Å². The van der Waals surface area contributed by atoms with E-state index >= 15 is 0 Å². The molecule has 1 aliphatic carbocycles. The van der Waals surface area contributed by atoms with Crippen molar-refractivity contribution < 1.29 is 27.9 Å². The van der Waals surface area contributed by atoms with Gasteiger partial charge in [-0.3, -0.25) is 9.69 Å². The van der Waals surface area contributed by atoms with Gasteiger partial charge in [-0.1, -0.05) is 97.6 Å². The molecule has 3 aromatic rings. The Morgan fingerprint density at radius 1 is 0.867 bits per heavy atom. The Hall–Kier alpha value is -3.56. The number of carboxylic acid groups (broad SMARTS) is 1. The Labute approximate surface area is 267 Å².